The van der Waals surface area contributed by atoms with Crippen molar-refractivity contribution in [3.05, 3.63) is 46.7 Å². The molecule has 1 N–H and O–H groups in total. The van der Waals surface area contributed by atoms with Crippen LogP contribution in [0.15, 0.2) is 30.3 Å². The highest BCUT2D eigenvalue weighted by molar-refractivity contribution is 6.30. The number of aromatic nitrogens is 2. The van der Waals surface area contributed by atoms with Gasteiger partial charge in [0.15, 0.2) is 5.82 Å². The van der Waals surface area contributed by atoms with E-state index < -0.39 is 0 Å². The Labute approximate surface area is 125 Å². The van der Waals surface area contributed by atoms with Crippen molar-refractivity contribution in [2.45, 2.75) is 27.3 Å². The second-order valence-electron chi connectivity index (χ2n) is 5.36. The Morgan fingerprint density at radius 3 is 2.70 bits per heavy atom. The van der Waals surface area contributed by atoms with Gasteiger partial charge < -0.3 is 5.32 Å². The average molecular weight is 290 g/mol. The van der Waals surface area contributed by atoms with Crippen LogP contribution in [-0.4, -0.2) is 16.5 Å². The number of nitrogens with one attached hydrogen (secondary N) is 1. The fourth-order valence-corrected chi connectivity index (χ4v) is 2.16. The lowest BCUT2D eigenvalue weighted by molar-refractivity contribution is 0.548. The molecule has 1 aromatic heterocycles. The summed E-state index contributed by atoms with van der Waals surface area (Å²) < 4.78 is 0. The van der Waals surface area contributed by atoms with E-state index in [9.17, 15) is 0 Å². The number of benzene rings is 1. The van der Waals surface area contributed by atoms with Crippen molar-refractivity contribution < 1.29 is 0 Å². The first kappa shape index (κ1) is 14.9. The summed E-state index contributed by atoms with van der Waals surface area (Å²) in [4.78, 5) is 9.10. The molecule has 20 heavy (non-hydrogen) atoms. The average Bonchev–Trinajstić information content (AvgIpc) is 2.37. The van der Waals surface area contributed by atoms with Crippen LogP contribution in [0, 0.1) is 12.8 Å². The third-order valence-electron chi connectivity index (χ3n) is 2.85. The van der Waals surface area contributed by atoms with Crippen LogP contribution in [0.5, 0.6) is 0 Å². The number of aryl methyl sites for hydroxylation is 1. The first-order chi connectivity index (χ1) is 9.54. The zero-order chi connectivity index (χ0) is 14.5. The van der Waals surface area contributed by atoms with Gasteiger partial charge in [-0.2, -0.15) is 0 Å². The molecule has 4 heteroatoms. The molecule has 2 aromatic rings. The topological polar surface area (TPSA) is 37.8 Å². The maximum Gasteiger partial charge on any atom is 0.159 e. The fraction of sp³-hybridized carbons (Fsp3) is 0.375. The van der Waals surface area contributed by atoms with Gasteiger partial charge in [0.05, 0.1) is 5.69 Å². The molecular formula is C16H20ClN3. The Morgan fingerprint density at radius 2 is 2.00 bits per heavy atom. The van der Waals surface area contributed by atoms with Crippen molar-refractivity contribution in [3.63, 3.8) is 0 Å². The monoisotopic (exact) mass is 289 g/mol. The van der Waals surface area contributed by atoms with E-state index in [0.717, 1.165) is 35.9 Å². The minimum absolute atomic E-state index is 0.630. The fourth-order valence-electron chi connectivity index (χ4n) is 1.97. The minimum atomic E-state index is 0.630. The van der Waals surface area contributed by atoms with Gasteiger partial charge in [-0.3, -0.25) is 0 Å². The van der Waals surface area contributed by atoms with Crippen LogP contribution in [0.1, 0.15) is 25.2 Å². The maximum absolute atomic E-state index is 6.02. The van der Waals surface area contributed by atoms with Crippen molar-refractivity contribution in [2.75, 3.05) is 6.54 Å². The van der Waals surface area contributed by atoms with Crippen molar-refractivity contribution in [1.29, 1.82) is 0 Å². The van der Waals surface area contributed by atoms with Gasteiger partial charge in [0.2, 0.25) is 0 Å². The third-order valence-corrected chi connectivity index (χ3v) is 3.08. The molecule has 0 fully saturated rings. The second-order valence-corrected chi connectivity index (χ2v) is 5.80. The predicted molar refractivity (Wildman–Crippen MR) is 83.8 cm³/mol. The van der Waals surface area contributed by atoms with Gasteiger partial charge in [0.25, 0.3) is 0 Å². The van der Waals surface area contributed by atoms with E-state index in [1.165, 1.54) is 0 Å². The van der Waals surface area contributed by atoms with Gasteiger partial charge in [0.1, 0.15) is 0 Å². The highest BCUT2D eigenvalue weighted by Gasteiger charge is 2.06. The summed E-state index contributed by atoms with van der Waals surface area (Å²) >= 11 is 6.02. The smallest absolute Gasteiger partial charge is 0.159 e. The van der Waals surface area contributed by atoms with Gasteiger partial charge in [-0.15, -0.1) is 0 Å². The minimum Gasteiger partial charge on any atom is -0.311 e. The lowest BCUT2D eigenvalue weighted by atomic mass is 10.2. The number of nitrogens with zero attached hydrogens (tertiary/aromatic N) is 2. The van der Waals surface area contributed by atoms with Gasteiger partial charge in [0, 0.05) is 22.8 Å². The molecule has 0 radical (unpaired) electrons. The highest BCUT2D eigenvalue weighted by Crippen LogP contribution is 2.20. The lowest BCUT2D eigenvalue weighted by Crippen LogP contribution is -2.20. The Morgan fingerprint density at radius 1 is 1.20 bits per heavy atom. The third kappa shape index (κ3) is 4.29. The van der Waals surface area contributed by atoms with Crippen molar-refractivity contribution >= 4 is 11.6 Å². The van der Waals surface area contributed by atoms with E-state index in [2.05, 4.69) is 29.1 Å². The quantitative estimate of drug-likeness (QED) is 0.908. The SMILES string of the molecule is Cc1cc(CNCC(C)C)nc(-c2cccc(Cl)c2)n1. The van der Waals surface area contributed by atoms with Crippen LogP contribution in [0.3, 0.4) is 0 Å². The zero-order valence-electron chi connectivity index (χ0n) is 12.2. The Bertz CT molecular complexity index is 582. The summed E-state index contributed by atoms with van der Waals surface area (Å²) in [7, 11) is 0. The molecule has 0 atom stereocenters. The molecule has 0 aliphatic rings. The second kappa shape index (κ2) is 6.82. The highest BCUT2D eigenvalue weighted by atomic mass is 35.5. The molecule has 3 nitrogen and oxygen atoms in total. The van der Waals surface area contributed by atoms with Crippen LogP contribution in [0.4, 0.5) is 0 Å². The summed E-state index contributed by atoms with van der Waals surface area (Å²) in [5.74, 6) is 1.36. The van der Waals surface area contributed by atoms with Crippen LogP contribution in [0.25, 0.3) is 11.4 Å². The van der Waals surface area contributed by atoms with Crippen molar-refractivity contribution in [2.24, 2.45) is 5.92 Å². The Kier molecular flexibility index (Phi) is 5.10. The summed E-state index contributed by atoms with van der Waals surface area (Å²) in [6.07, 6.45) is 0. The molecule has 0 amide bonds. The maximum atomic E-state index is 6.02. The van der Waals surface area contributed by atoms with E-state index in [1.54, 1.807) is 0 Å². The van der Waals surface area contributed by atoms with E-state index in [-0.39, 0.29) is 0 Å². The Hall–Kier alpha value is -1.45. The molecule has 0 spiro atoms. The first-order valence-corrected chi connectivity index (χ1v) is 7.23. The van der Waals surface area contributed by atoms with E-state index >= 15 is 0 Å². The molecule has 0 aliphatic carbocycles. The Balaban J connectivity index is 2.20. The van der Waals surface area contributed by atoms with Crippen molar-refractivity contribution in [3.8, 4) is 11.4 Å². The predicted octanol–water partition coefficient (Wildman–Crippen LogP) is 3.85. The lowest BCUT2D eigenvalue weighted by Gasteiger charge is -2.09. The van der Waals surface area contributed by atoms with Gasteiger partial charge in [-0.25, -0.2) is 9.97 Å². The summed E-state index contributed by atoms with van der Waals surface area (Å²) in [6, 6.07) is 9.65. The molecule has 0 aliphatic heterocycles. The summed E-state index contributed by atoms with van der Waals surface area (Å²) in [5.41, 5.74) is 2.93. The molecule has 1 heterocycles. The number of halogens is 1. The normalized spacial score (nSPS) is 11.1. The van der Waals surface area contributed by atoms with E-state index in [4.69, 9.17) is 11.6 Å². The van der Waals surface area contributed by atoms with E-state index in [0.29, 0.717) is 10.9 Å². The molecule has 0 saturated heterocycles. The first-order valence-electron chi connectivity index (χ1n) is 6.86. The van der Waals surface area contributed by atoms with Gasteiger partial charge >= 0.3 is 0 Å². The van der Waals surface area contributed by atoms with E-state index in [1.807, 2.05) is 37.3 Å². The zero-order valence-corrected chi connectivity index (χ0v) is 12.9. The van der Waals surface area contributed by atoms with Crippen LogP contribution < -0.4 is 5.32 Å². The van der Waals surface area contributed by atoms with Gasteiger partial charge in [-0.05, 0) is 37.6 Å². The van der Waals surface area contributed by atoms with Crippen LogP contribution in [0.2, 0.25) is 5.02 Å². The number of hydrogen-bond acceptors (Lipinski definition) is 3. The molecule has 1 aromatic carbocycles. The molecule has 0 saturated carbocycles. The summed E-state index contributed by atoms with van der Waals surface area (Å²) in [6.45, 7) is 8.11. The molecule has 0 bridgehead atoms. The number of hydrogen-bond donors (Lipinski definition) is 1. The van der Waals surface area contributed by atoms with Crippen LogP contribution in [-0.2, 0) is 6.54 Å². The van der Waals surface area contributed by atoms with Crippen molar-refractivity contribution in [1.82, 2.24) is 15.3 Å². The van der Waals surface area contributed by atoms with Gasteiger partial charge in [-0.1, -0.05) is 37.6 Å². The number of rotatable bonds is 5. The van der Waals surface area contributed by atoms with Crippen LogP contribution >= 0.6 is 11.6 Å². The molecule has 0 unspecified atom stereocenters. The molecule has 106 valence electrons. The standard InChI is InChI=1S/C16H20ClN3/c1-11(2)9-18-10-15-7-12(3)19-16(20-15)13-5-4-6-14(17)8-13/h4-8,11,18H,9-10H2,1-3H3. The molecule has 2 rings (SSSR count). The largest absolute Gasteiger partial charge is 0.311 e. The summed E-state index contributed by atoms with van der Waals surface area (Å²) in [5, 5.41) is 4.10. The molecular weight excluding hydrogens is 270 g/mol.